The van der Waals surface area contributed by atoms with Crippen molar-refractivity contribution in [1.82, 2.24) is 5.32 Å². The van der Waals surface area contributed by atoms with Gasteiger partial charge >= 0.3 is 0 Å². The molecular formula is C13H13N2O2S2-. The molecule has 0 aliphatic carbocycles. The van der Waals surface area contributed by atoms with Crippen molar-refractivity contribution in [2.75, 3.05) is 0 Å². The summed E-state index contributed by atoms with van der Waals surface area (Å²) in [6.07, 6.45) is -0.824. The van der Waals surface area contributed by atoms with Crippen molar-refractivity contribution in [2.45, 2.75) is 31.6 Å². The SMILES string of the molecule is CC1(C)Oc2ccc(C#N)cc2C(NC(=S)[S-])C1O. The number of fused-ring (bicyclic) bond motifs is 1. The number of ether oxygens (including phenoxy) is 1. The van der Waals surface area contributed by atoms with E-state index in [4.69, 9.17) is 34.8 Å². The Morgan fingerprint density at radius 2 is 2.26 bits per heavy atom. The van der Waals surface area contributed by atoms with Gasteiger partial charge in [0, 0.05) is 5.56 Å². The topological polar surface area (TPSA) is 65.3 Å². The highest BCUT2D eigenvalue weighted by molar-refractivity contribution is 8.00. The number of nitrogens with one attached hydrogen (secondary N) is 1. The van der Waals surface area contributed by atoms with Crippen molar-refractivity contribution in [1.29, 1.82) is 5.26 Å². The second-order valence-corrected chi connectivity index (χ2v) is 6.00. The molecule has 0 amide bonds. The van der Waals surface area contributed by atoms with Crippen molar-refractivity contribution in [3.8, 4) is 11.8 Å². The Labute approximate surface area is 122 Å². The summed E-state index contributed by atoms with van der Waals surface area (Å²) in [5.41, 5.74) is 0.424. The molecule has 1 heterocycles. The van der Waals surface area contributed by atoms with Gasteiger partial charge in [-0.2, -0.15) is 5.26 Å². The van der Waals surface area contributed by atoms with Gasteiger partial charge in [-0.1, -0.05) is 4.32 Å². The van der Waals surface area contributed by atoms with E-state index in [9.17, 15) is 5.11 Å². The summed E-state index contributed by atoms with van der Waals surface area (Å²) < 4.78 is 5.94. The molecule has 0 bridgehead atoms. The fraction of sp³-hybridized carbons (Fsp3) is 0.385. The molecule has 19 heavy (non-hydrogen) atoms. The Kier molecular flexibility index (Phi) is 3.63. The Bertz CT molecular complexity index is 566. The number of nitrogens with zero attached hydrogens (tertiary/aromatic N) is 1. The average Bonchev–Trinajstić information content (AvgIpc) is 2.34. The number of hydrogen-bond donors (Lipinski definition) is 2. The lowest BCUT2D eigenvalue weighted by Crippen LogP contribution is -2.53. The second-order valence-electron chi connectivity index (χ2n) is 4.92. The monoisotopic (exact) mass is 293 g/mol. The van der Waals surface area contributed by atoms with E-state index in [-0.39, 0.29) is 4.32 Å². The van der Waals surface area contributed by atoms with Gasteiger partial charge in [-0.25, -0.2) is 0 Å². The molecule has 0 saturated carbocycles. The van der Waals surface area contributed by atoms with Crippen molar-refractivity contribution in [2.24, 2.45) is 0 Å². The minimum atomic E-state index is -0.824. The van der Waals surface area contributed by atoms with Crippen molar-refractivity contribution < 1.29 is 9.84 Å². The van der Waals surface area contributed by atoms with Gasteiger partial charge in [-0.05, 0) is 32.0 Å². The van der Waals surface area contributed by atoms with Gasteiger partial charge in [-0.15, -0.1) is 0 Å². The Balaban J connectivity index is 2.52. The van der Waals surface area contributed by atoms with Crippen molar-refractivity contribution in [3.63, 3.8) is 0 Å². The van der Waals surface area contributed by atoms with E-state index in [0.717, 1.165) is 0 Å². The maximum atomic E-state index is 10.4. The molecule has 0 fully saturated rings. The van der Waals surface area contributed by atoms with Crippen LogP contribution in [0.3, 0.4) is 0 Å². The zero-order valence-electron chi connectivity index (χ0n) is 10.5. The van der Waals surface area contributed by atoms with Crippen LogP contribution in [0.25, 0.3) is 0 Å². The molecule has 4 nitrogen and oxygen atoms in total. The van der Waals surface area contributed by atoms with Crippen LogP contribution in [0, 0.1) is 11.3 Å². The third-order valence-corrected chi connectivity index (χ3v) is 3.38. The van der Waals surface area contributed by atoms with E-state index in [1.807, 2.05) is 0 Å². The molecule has 0 aromatic heterocycles. The van der Waals surface area contributed by atoms with Crippen LogP contribution in [0.5, 0.6) is 5.75 Å². The van der Waals surface area contributed by atoms with Crippen LogP contribution in [0.1, 0.15) is 31.0 Å². The first kappa shape index (κ1) is 14.0. The summed E-state index contributed by atoms with van der Waals surface area (Å²) in [7, 11) is 0. The summed E-state index contributed by atoms with van der Waals surface area (Å²) in [5, 5.41) is 22.2. The number of nitriles is 1. The number of aliphatic hydroxyl groups is 1. The van der Waals surface area contributed by atoms with E-state index < -0.39 is 17.7 Å². The molecule has 0 spiro atoms. The third-order valence-electron chi connectivity index (χ3n) is 3.15. The third kappa shape index (κ3) is 2.63. The van der Waals surface area contributed by atoms with Crippen LogP contribution in [0.15, 0.2) is 18.2 Å². The molecule has 1 aromatic carbocycles. The van der Waals surface area contributed by atoms with Crippen LogP contribution >= 0.6 is 12.2 Å². The smallest absolute Gasteiger partial charge is 0.132 e. The Morgan fingerprint density at radius 1 is 1.58 bits per heavy atom. The highest BCUT2D eigenvalue weighted by Crippen LogP contribution is 2.40. The average molecular weight is 293 g/mol. The van der Waals surface area contributed by atoms with Gasteiger partial charge in [0.25, 0.3) is 0 Å². The zero-order valence-corrected chi connectivity index (χ0v) is 12.1. The van der Waals surface area contributed by atoms with Crippen LogP contribution in [0.2, 0.25) is 0 Å². The number of rotatable bonds is 1. The first-order chi connectivity index (χ1) is 8.85. The molecule has 1 aromatic rings. The van der Waals surface area contributed by atoms with Crippen molar-refractivity contribution in [3.05, 3.63) is 29.3 Å². The van der Waals surface area contributed by atoms with E-state index in [0.29, 0.717) is 16.9 Å². The van der Waals surface area contributed by atoms with E-state index in [2.05, 4.69) is 11.4 Å². The molecule has 1 aliphatic heterocycles. The standard InChI is InChI=1S/C13H14N2O2S2/c1-13(2)11(16)10(15-12(18)19)8-5-7(6-14)3-4-9(8)17-13/h3-5,10-11,16H,1-2H3,(H2,15,18,19)/p-1. The van der Waals surface area contributed by atoms with Gasteiger partial charge in [-0.3, -0.25) is 0 Å². The number of hydrogen-bond acceptors (Lipinski definition) is 5. The summed E-state index contributed by atoms with van der Waals surface area (Å²) in [6, 6.07) is 6.67. The number of benzene rings is 1. The first-order valence-electron chi connectivity index (χ1n) is 5.74. The van der Waals surface area contributed by atoms with Gasteiger partial charge < -0.3 is 40.0 Å². The summed E-state index contributed by atoms with van der Waals surface area (Å²) >= 11 is 9.76. The van der Waals surface area contributed by atoms with Crippen LogP contribution in [0.4, 0.5) is 0 Å². The highest BCUT2D eigenvalue weighted by Gasteiger charge is 2.42. The minimum Gasteiger partial charge on any atom is -0.485 e. The Hall–Kier alpha value is -1.42. The normalized spacial score (nSPS) is 23.7. The molecule has 1 aliphatic rings. The molecule has 2 N–H and O–H groups in total. The molecule has 2 atom stereocenters. The lowest BCUT2D eigenvalue weighted by atomic mass is 9.86. The van der Waals surface area contributed by atoms with Crippen LogP contribution in [-0.2, 0) is 12.6 Å². The molecular weight excluding hydrogens is 280 g/mol. The number of thiocarbonyl (C=S) groups is 1. The molecule has 0 saturated heterocycles. The zero-order chi connectivity index (χ0) is 14.2. The largest absolute Gasteiger partial charge is 0.485 e. The minimum absolute atomic E-state index is 0.176. The molecule has 6 heteroatoms. The van der Waals surface area contributed by atoms with Gasteiger partial charge in [0.15, 0.2) is 0 Å². The highest BCUT2D eigenvalue weighted by atomic mass is 32.1. The summed E-state index contributed by atoms with van der Waals surface area (Å²) in [5.74, 6) is 0.623. The van der Waals surface area contributed by atoms with Crippen LogP contribution < -0.4 is 10.1 Å². The molecule has 2 unspecified atom stereocenters. The first-order valence-corrected chi connectivity index (χ1v) is 6.55. The quantitative estimate of drug-likeness (QED) is 0.605. The molecule has 0 radical (unpaired) electrons. The second kappa shape index (κ2) is 4.93. The maximum absolute atomic E-state index is 10.4. The fourth-order valence-corrected chi connectivity index (χ4v) is 2.41. The molecule has 2 rings (SSSR count). The fourth-order valence-electron chi connectivity index (χ4n) is 2.15. The van der Waals surface area contributed by atoms with E-state index in [1.54, 1.807) is 32.0 Å². The lowest BCUT2D eigenvalue weighted by Gasteiger charge is -2.43. The van der Waals surface area contributed by atoms with Crippen molar-refractivity contribution >= 4 is 29.2 Å². The van der Waals surface area contributed by atoms with Gasteiger partial charge in [0.05, 0.1) is 17.7 Å². The number of aliphatic hydroxyl groups excluding tert-OH is 1. The van der Waals surface area contributed by atoms with Crippen LogP contribution in [-0.4, -0.2) is 21.1 Å². The lowest BCUT2D eigenvalue weighted by molar-refractivity contribution is -0.0607. The maximum Gasteiger partial charge on any atom is 0.132 e. The summed E-state index contributed by atoms with van der Waals surface area (Å²) in [6.45, 7) is 3.58. The van der Waals surface area contributed by atoms with E-state index >= 15 is 0 Å². The van der Waals surface area contributed by atoms with Gasteiger partial charge in [0.2, 0.25) is 0 Å². The Morgan fingerprint density at radius 3 is 2.84 bits per heavy atom. The predicted molar refractivity (Wildman–Crippen MR) is 77.7 cm³/mol. The van der Waals surface area contributed by atoms with E-state index in [1.165, 1.54) is 0 Å². The molecule has 100 valence electrons. The predicted octanol–water partition coefficient (Wildman–Crippen LogP) is 1.55. The summed E-state index contributed by atoms with van der Waals surface area (Å²) in [4.78, 5) is 0. The van der Waals surface area contributed by atoms with Gasteiger partial charge in [0.1, 0.15) is 17.5 Å².